The van der Waals surface area contributed by atoms with Gasteiger partial charge in [0.25, 0.3) is 5.91 Å². The van der Waals surface area contributed by atoms with Gasteiger partial charge < -0.3 is 15.0 Å². The number of hydrogen-bond acceptors (Lipinski definition) is 5. The number of carbonyl (C=O) groups is 3. The molecular formula is C21H21N3O4. The van der Waals surface area contributed by atoms with Crippen LogP contribution in [0.2, 0.25) is 0 Å². The SMILES string of the molecule is Cc1ccc(NC(=O)CN(C)C(=O)[C@H](C)OC(=O)c2cccc(C#N)c2)cc1. The number of amides is 2. The molecular weight excluding hydrogens is 358 g/mol. The fourth-order valence-corrected chi connectivity index (χ4v) is 2.44. The van der Waals surface area contributed by atoms with Gasteiger partial charge in [0.05, 0.1) is 23.7 Å². The number of carbonyl (C=O) groups excluding carboxylic acids is 3. The van der Waals surface area contributed by atoms with Crippen LogP contribution in [0.1, 0.15) is 28.4 Å². The Morgan fingerprint density at radius 3 is 2.50 bits per heavy atom. The predicted octanol–water partition coefficient (Wildman–Crippen LogP) is 2.51. The number of benzene rings is 2. The highest BCUT2D eigenvalue weighted by atomic mass is 16.5. The Labute approximate surface area is 163 Å². The van der Waals surface area contributed by atoms with Gasteiger partial charge in [-0.15, -0.1) is 0 Å². The molecule has 2 aromatic carbocycles. The maximum Gasteiger partial charge on any atom is 0.338 e. The number of nitrogens with zero attached hydrogens (tertiary/aromatic N) is 2. The molecule has 0 heterocycles. The van der Waals surface area contributed by atoms with E-state index in [1.54, 1.807) is 24.3 Å². The summed E-state index contributed by atoms with van der Waals surface area (Å²) in [4.78, 5) is 37.8. The van der Waals surface area contributed by atoms with Crippen LogP contribution in [0.25, 0.3) is 0 Å². The standard InChI is InChI=1S/C21H21N3O4/c1-14-7-9-18(10-8-14)23-19(25)13-24(3)20(26)15(2)28-21(27)17-6-4-5-16(11-17)12-22/h4-11,15H,13H2,1-3H3,(H,23,25)/t15-/m0/s1. The van der Waals surface area contributed by atoms with Crippen molar-refractivity contribution in [3.63, 3.8) is 0 Å². The van der Waals surface area contributed by atoms with Crippen LogP contribution < -0.4 is 5.32 Å². The Hall–Kier alpha value is -3.66. The van der Waals surface area contributed by atoms with Gasteiger partial charge in [-0.25, -0.2) is 4.79 Å². The Balaban J connectivity index is 1.90. The first kappa shape index (κ1) is 20.6. The van der Waals surface area contributed by atoms with E-state index in [0.29, 0.717) is 11.3 Å². The Bertz CT molecular complexity index is 916. The minimum atomic E-state index is -1.07. The summed E-state index contributed by atoms with van der Waals surface area (Å²) in [5.41, 5.74) is 2.20. The lowest BCUT2D eigenvalue weighted by Crippen LogP contribution is -2.41. The normalized spacial score (nSPS) is 11.1. The molecule has 2 aromatic rings. The summed E-state index contributed by atoms with van der Waals surface area (Å²) in [6.45, 7) is 3.19. The first-order valence-corrected chi connectivity index (χ1v) is 8.63. The monoisotopic (exact) mass is 379 g/mol. The second-order valence-corrected chi connectivity index (χ2v) is 6.35. The molecule has 0 aliphatic carbocycles. The lowest BCUT2D eigenvalue weighted by molar-refractivity contribution is -0.140. The van der Waals surface area contributed by atoms with Crippen molar-refractivity contribution in [2.45, 2.75) is 20.0 Å². The molecule has 0 saturated heterocycles. The highest BCUT2D eigenvalue weighted by Crippen LogP contribution is 2.10. The molecule has 2 amide bonds. The second kappa shape index (κ2) is 9.33. The molecule has 0 spiro atoms. The Morgan fingerprint density at radius 2 is 1.86 bits per heavy atom. The minimum absolute atomic E-state index is 0.179. The third-order valence-electron chi connectivity index (χ3n) is 3.95. The molecule has 1 N–H and O–H groups in total. The average Bonchev–Trinajstić information content (AvgIpc) is 2.68. The Morgan fingerprint density at radius 1 is 1.18 bits per heavy atom. The van der Waals surface area contributed by atoms with Crippen molar-refractivity contribution in [1.82, 2.24) is 4.90 Å². The fourth-order valence-electron chi connectivity index (χ4n) is 2.44. The molecule has 0 radical (unpaired) electrons. The van der Waals surface area contributed by atoms with Crippen LogP contribution in [0.5, 0.6) is 0 Å². The topological polar surface area (TPSA) is 99.5 Å². The van der Waals surface area contributed by atoms with Crippen molar-refractivity contribution in [3.05, 3.63) is 65.2 Å². The van der Waals surface area contributed by atoms with Crippen LogP contribution in [-0.4, -0.2) is 42.4 Å². The molecule has 0 unspecified atom stereocenters. The van der Waals surface area contributed by atoms with Gasteiger partial charge in [0.2, 0.25) is 5.91 Å². The summed E-state index contributed by atoms with van der Waals surface area (Å²) in [6, 6.07) is 15.2. The first-order valence-electron chi connectivity index (χ1n) is 8.63. The van der Waals surface area contributed by atoms with E-state index < -0.39 is 18.0 Å². The molecule has 7 heteroatoms. The number of nitrogens with one attached hydrogen (secondary N) is 1. The van der Waals surface area contributed by atoms with Gasteiger partial charge >= 0.3 is 5.97 Å². The van der Waals surface area contributed by atoms with Gasteiger partial charge in [-0.05, 0) is 44.2 Å². The summed E-state index contributed by atoms with van der Waals surface area (Å²) >= 11 is 0. The predicted molar refractivity (Wildman–Crippen MR) is 103 cm³/mol. The molecule has 0 aromatic heterocycles. The number of aryl methyl sites for hydroxylation is 1. The van der Waals surface area contributed by atoms with E-state index in [9.17, 15) is 14.4 Å². The molecule has 0 aliphatic heterocycles. The van der Waals surface area contributed by atoms with Crippen LogP contribution in [0.3, 0.4) is 0 Å². The van der Waals surface area contributed by atoms with Crippen LogP contribution in [-0.2, 0) is 14.3 Å². The molecule has 0 aliphatic rings. The summed E-state index contributed by atoms with van der Waals surface area (Å²) < 4.78 is 5.16. The van der Waals surface area contributed by atoms with E-state index in [-0.39, 0.29) is 18.0 Å². The van der Waals surface area contributed by atoms with Crippen molar-refractivity contribution < 1.29 is 19.1 Å². The summed E-state index contributed by atoms with van der Waals surface area (Å²) in [7, 11) is 1.46. The van der Waals surface area contributed by atoms with Crippen LogP contribution in [0.15, 0.2) is 48.5 Å². The zero-order valence-corrected chi connectivity index (χ0v) is 15.9. The summed E-state index contributed by atoms with van der Waals surface area (Å²) in [6.07, 6.45) is -1.07. The number of rotatable bonds is 6. The van der Waals surface area contributed by atoms with Crippen molar-refractivity contribution >= 4 is 23.5 Å². The smallest absolute Gasteiger partial charge is 0.338 e. The number of esters is 1. The van der Waals surface area contributed by atoms with Gasteiger partial charge in [-0.1, -0.05) is 23.8 Å². The van der Waals surface area contributed by atoms with E-state index in [2.05, 4.69) is 5.32 Å². The minimum Gasteiger partial charge on any atom is -0.449 e. The number of hydrogen-bond donors (Lipinski definition) is 1. The van der Waals surface area contributed by atoms with Gasteiger partial charge in [-0.2, -0.15) is 5.26 Å². The molecule has 7 nitrogen and oxygen atoms in total. The van der Waals surface area contributed by atoms with Gasteiger partial charge in [0, 0.05) is 12.7 Å². The van der Waals surface area contributed by atoms with Gasteiger partial charge in [-0.3, -0.25) is 9.59 Å². The molecule has 0 fully saturated rings. The largest absolute Gasteiger partial charge is 0.449 e. The van der Waals surface area contributed by atoms with E-state index in [1.165, 1.54) is 31.0 Å². The summed E-state index contributed by atoms with van der Waals surface area (Å²) in [5, 5.41) is 11.6. The molecule has 28 heavy (non-hydrogen) atoms. The zero-order chi connectivity index (χ0) is 20.7. The molecule has 2 rings (SSSR count). The Kier molecular flexibility index (Phi) is 6.88. The quantitative estimate of drug-likeness (QED) is 0.778. The summed E-state index contributed by atoms with van der Waals surface area (Å²) in [5.74, 6) is -1.58. The highest BCUT2D eigenvalue weighted by molar-refractivity contribution is 5.96. The third kappa shape index (κ3) is 5.68. The number of anilines is 1. The average molecular weight is 379 g/mol. The van der Waals surface area contributed by atoms with Gasteiger partial charge in [0.15, 0.2) is 6.10 Å². The van der Waals surface area contributed by atoms with Gasteiger partial charge in [0.1, 0.15) is 0 Å². The third-order valence-corrected chi connectivity index (χ3v) is 3.95. The van der Waals surface area contributed by atoms with E-state index in [4.69, 9.17) is 10.00 Å². The number of likely N-dealkylation sites (N-methyl/N-ethyl adjacent to an activating group) is 1. The van der Waals surface area contributed by atoms with E-state index in [1.807, 2.05) is 25.1 Å². The highest BCUT2D eigenvalue weighted by Gasteiger charge is 2.23. The van der Waals surface area contributed by atoms with Crippen molar-refractivity contribution in [1.29, 1.82) is 5.26 Å². The van der Waals surface area contributed by atoms with Crippen LogP contribution in [0, 0.1) is 18.3 Å². The molecule has 0 saturated carbocycles. The van der Waals surface area contributed by atoms with E-state index in [0.717, 1.165) is 5.56 Å². The second-order valence-electron chi connectivity index (χ2n) is 6.35. The van der Waals surface area contributed by atoms with Crippen molar-refractivity contribution in [3.8, 4) is 6.07 Å². The first-order chi connectivity index (χ1) is 13.3. The maximum absolute atomic E-state index is 12.4. The maximum atomic E-state index is 12.4. The lowest BCUT2D eigenvalue weighted by atomic mass is 10.1. The number of nitriles is 1. The molecule has 144 valence electrons. The fraction of sp³-hybridized carbons (Fsp3) is 0.238. The molecule has 1 atom stereocenters. The molecule has 0 bridgehead atoms. The van der Waals surface area contributed by atoms with Crippen LogP contribution >= 0.6 is 0 Å². The van der Waals surface area contributed by atoms with E-state index >= 15 is 0 Å². The van der Waals surface area contributed by atoms with Crippen molar-refractivity contribution in [2.24, 2.45) is 0 Å². The van der Waals surface area contributed by atoms with Crippen molar-refractivity contribution in [2.75, 3.05) is 18.9 Å². The zero-order valence-electron chi connectivity index (χ0n) is 15.9. The van der Waals surface area contributed by atoms with Crippen LogP contribution in [0.4, 0.5) is 5.69 Å². The lowest BCUT2D eigenvalue weighted by Gasteiger charge is -2.21. The number of ether oxygens (including phenoxy) is 1.